The fourth-order valence-corrected chi connectivity index (χ4v) is 4.88. The first-order chi connectivity index (χ1) is 19.2. The van der Waals surface area contributed by atoms with Crippen molar-refractivity contribution >= 4 is 47.1 Å². The Morgan fingerprint density at radius 3 is 1.32 bits per heavy atom. The molecule has 0 N–H and O–H groups in total. The first-order valence-corrected chi connectivity index (χ1v) is 12.7. The summed E-state index contributed by atoms with van der Waals surface area (Å²) < 4.78 is 0. The highest BCUT2D eigenvalue weighted by molar-refractivity contribution is 6.27. The summed E-state index contributed by atoms with van der Waals surface area (Å²) in [5, 5.41) is 0. The highest BCUT2D eigenvalue weighted by Crippen LogP contribution is 2.28. The van der Waals surface area contributed by atoms with Gasteiger partial charge in [0, 0.05) is 0 Å². The van der Waals surface area contributed by atoms with Crippen molar-refractivity contribution in [3.8, 4) is 0 Å². The number of anilines is 2. The lowest BCUT2D eigenvalue weighted by Gasteiger charge is -2.34. The summed E-state index contributed by atoms with van der Waals surface area (Å²) in [5.41, 5.74) is 3.41. The Balaban J connectivity index is 1.37. The number of urea groups is 2. The van der Waals surface area contributed by atoms with Crippen LogP contribution >= 0.6 is 0 Å². The number of barbiturate groups is 2. The first kappa shape index (κ1) is 26.5. The van der Waals surface area contributed by atoms with Crippen LogP contribution in [0.25, 0.3) is 0 Å². The minimum atomic E-state index is -0.741. The van der Waals surface area contributed by atoms with E-state index in [9.17, 15) is 28.8 Å². The zero-order valence-electron chi connectivity index (χ0n) is 22.0. The average molecular weight is 539 g/mol. The molecule has 2 saturated heterocycles. The maximum atomic E-state index is 13.3. The van der Waals surface area contributed by atoms with E-state index in [1.165, 1.54) is 0 Å². The normalized spacial score (nSPS) is 16.4. The zero-order valence-corrected chi connectivity index (χ0v) is 22.0. The number of carbonyl (C=O) groups excluding carboxylic acids is 6. The summed E-state index contributed by atoms with van der Waals surface area (Å²) in [6.07, 6.45) is -0.890. The molecule has 0 radical (unpaired) electrons. The fourth-order valence-electron chi connectivity index (χ4n) is 4.88. The Hall–Kier alpha value is -5.12. The maximum Gasteiger partial charge on any atom is 0.338 e. The van der Waals surface area contributed by atoms with Crippen molar-refractivity contribution in [2.45, 2.75) is 39.8 Å². The summed E-state index contributed by atoms with van der Waals surface area (Å²) in [6.45, 7) is 3.35. The Morgan fingerprint density at radius 2 is 0.925 bits per heavy atom. The largest absolute Gasteiger partial charge is 0.338 e. The van der Waals surface area contributed by atoms with E-state index >= 15 is 0 Å². The molecular weight excluding hydrogens is 512 g/mol. The molecule has 0 unspecified atom stereocenters. The minimum Gasteiger partial charge on any atom is -0.274 e. The minimum absolute atomic E-state index is 0.100. The van der Waals surface area contributed by atoms with Crippen LogP contribution in [0.15, 0.2) is 72.8 Å². The summed E-state index contributed by atoms with van der Waals surface area (Å²) in [6, 6.07) is 19.2. The molecule has 8 amide bonds. The highest BCUT2D eigenvalue weighted by Gasteiger charge is 2.40. The Labute approximate surface area is 230 Å². The molecule has 3 aromatic carbocycles. The third-order valence-electron chi connectivity index (χ3n) is 6.94. The van der Waals surface area contributed by atoms with Gasteiger partial charge in [-0.3, -0.25) is 29.0 Å². The lowest BCUT2D eigenvalue weighted by molar-refractivity contribution is -0.136. The molecule has 0 spiro atoms. The van der Waals surface area contributed by atoms with E-state index in [4.69, 9.17) is 0 Å². The van der Waals surface area contributed by atoms with E-state index in [0.29, 0.717) is 22.5 Å². The van der Waals surface area contributed by atoms with E-state index in [1.807, 2.05) is 0 Å². The van der Waals surface area contributed by atoms with Crippen molar-refractivity contribution in [2.75, 3.05) is 9.80 Å². The van der Waals surface area contributed by atoms with Crippen LogP contribution in [-0.4, -0.2) is 45.5 Å². The predicted molar refractivity (Wildman–Crippen MR) is 145 cm³/mol. The molecule has 3 aromatic rings. The van der Waals surface area contributed by atoms with Crippen molar-refractivity contribution in [2.24, 2.45) is 0 Å². The lowest BCUT2D eigenvalue weighted by atomic mass is 10.1. The Morgan fingerprint density at radius 1 is 0.525 bits per heavy atom. The van der Waals surface area contributed by atoms with Crippen LogP contribution < -0.4 is 9.80 Å². The monoisotopic (exact) mass is 538 g/mol. The number of benzene rings is 3. The van der Waals surface area contributed by atoms with Gasteiger partial charge >= 0.3 is 12.1 Å². The molecule has 10 nitrogen and oxygen atoms in total. The van der Waals surface area contributed by atoms with Crippen molar-refractivity contribution in [3.63, 3.8) is 0 Å². The van der Waals surface area contributed by atoms with Gasteiger partial charge in [0.2, 0.25) is 23.6 Å². The second kappa shape index (κ2) is 10.6. The van der Waals surface area contributed by atoms with Crippen LogP contribution in [0, 0.1) is 13.8 Å². The number of carbonyl (C=O) groups is 6. The third-order valence-corrected chi connectivity index (χ3v) is 6.94. The molecule has 0 aliphatic carbocycles. The predicted octanol–water partition coefficient (Wildman–Crippen LogP) is 4.07. The summed E-state index contributed by atoms with van der Waals surface area (Å²) in [4.78, 5) is 81.4. The van der Waals surface area contributed by atoms with E-state index in [0.717, 1.165) is 30.7 Å². The number of aryl methyl sites for hydroxylation is 2. The van der Waals surface area contributed by atoms with Crippen molar-refractivity contribution in [1.82, 2.24) is 9.80 Å². The van der Waals surface area contributed by atoms with E-state index in [-0.39, 0.29) is 13.1 Å². The molecule has 10 heteroatoms. The molecule has 0 saturated carbocycles. The molecule has 0 bridgehead atoms. The van der Waals surface area contributed by atoms with Gasteiger partial charge in [0.15, 0.2) is 0 Å². The standard InChI is InChI=1S/C30H26N4O6/c1-19-8-3-5-12-23(19)33-27(37)15-25(35)31(29(33)39)17-21-10-7-11-22(14-21)18-32-26(36)16-28(38)34(30(32)40)24-13-6-4-9-20(24)2/h3-14H,15-18H2,1-2H3. The highest BCUT2D eigenvalue weighted by atomic mass is 16.2. The summed E-state index contributed by atoms with van der Waals surface area (Å²) in [7, 11) is 0. The number of amides is 8. The van der Waals surface area contributed by atoms with Gasteiger partial charge < -0.3 is 0 Å². The smallest absolute Gasteiger partial charge is 0.274 e. The second-order valence-electron chi connectivity index (χ2n) is 9.73. The van der Waals surface area contributed by atoms with Gasteiger partial charge in [-0.15, -0.1) is 0 Å². The number of para-hydroxylation sites is 2. The van der Waals surface area contributed by atoms with Crippen LogP contribution in [0.3, 0.4) is 0 Å². The molecule has 5 rings (SSSR count). The molecule has 0 aromatic heterocycles. The molecule has 2 aliphatic rings. The molecule has 2 heterocycles. The maximum absolute atomic E-state index is 13.3. The number of hydrogen-bond donors (Lipinski definition) is 0. The van der Waals surface area contributed by atoms with E-state index < -0.39 is 48.5 Å². The molecule has 2 fully saturated rings. The summed E-state index contributed by atoms with van der Waals surface area (Å²) >= 11 is 0. The molecule has 202 valence electrons. The van der Waals surface area contributed by atoms with Crippen LogP contribution in [0.4, 0.5) is 21.0 Å². The van der Waals surface area contributed by atoms with Crippen LogP contribution in [0.5, 0.6) is 0 Å². The SMILES string of the molecule is Cc1ccccc1N1C(=O)CC(=O)N(Cc2cccc(CN3C(=O)CC(=O)N(c4ccccc4C)C3=O)c2)C1=O. The summed E-state index contributed by atoms with van der Waals surface area (Å²) in [5.74, 6) is -2.41. The topological polar surface area (TPSA) is 115 Å². The van der Waals surface area contributed by atoms with Gasteiger partial charge in [0.1, 0.15) is 12.8 Å². The van der Waals surface area contributed by atoms with Gasteiger partial charge in [-0.2, -0.15) is 0 Å². The second-order valence-corrected chi connectivity index (χ2v) is 9.73. The van der Waals surface area contributed by atoms with Crippen LogP contribution in [0.1, 0.15) is 35.1 Å². The zero-order chi connectivity index (χ0) is 28.6. The van der Waals surface area contributed by atoms with Gasteiger partial charge in [0.25, 0.3) is 0 Å². The van der Waals surface area contributed by atoms with Crippen molar-refractivity contribution in [3.05, 3.63) is 95.1 Å². The first-order valence-electron chi connectivity index (χ1n) is 12.7. The van der Waals surface area contributed by atoms with Crippen molar-refractivity contribution in [1.29, 1.82) is 0 Å². The third kappa shape index (κ3) is 4.86. The number of rotatable bonds is 6. The Kier molecular flexibility index (Phi) is 7.00. The molecule has 2 aliphatic heterocycles. The van der Waals surface area contributed by atoms with E-state index in [2.05, 4.69) is 0 Å². The number of imide groups is 4. The van der Waals surface area contributed by atoms with Gasteiger partial charge in [-0.1, -0.05) is 60.7 Å². The average Bonchev–Trinajstić information content (AvgIpc) is 2.91. The van der Waals surface area contributed by atoms with E-state index in [1.54, 1.807) is 86.6 Å². The van der Waals surface area contributed by atoms with Gasteiger partial charge in [-0.25, -0.2) is 19.4 Å². The van der Waals surface area contributed by atoms with Gasteiger partial charge in [0.05, 0.1) is 24.5 Å². The Bertz CT molecular complexity index is 1470. The van der Waals surface area contributed by atoms with Crippen LogP contribution in [-0.2, 0) is 32.3 Å². The van der Waals surface area contributed by atoms with Crippen molar-refractivity contribution < 1.29 is 28.8 Å². The quantitative estimate of drug-likeness (QED) is 0.437. The molecule has 0 atom stereocenters. The van der Waals surface area contributed by atoms with Gasteiger partial charge in [-0.05, 0) is 48.2 Å². The fraction of sp³-hybridized carbons (Fsp3) is 0.200. The van der Waals surface area contributed by atoms with Crippen LogP contribution in [0.2, 0.25) is 0 Å². The lowest BCUT2D eigenvalue weighted by Crippen LogP contribution is -2.55. The molecule has 40 heavy (non-hydrogen) atoms. The molecular formula is C30H26N4O6. The number of hydrogen-bond acceptors (Lipinski definition) is 6. The number of nitrogens with zero attached hydrogens (tertiary/aromatic N) is 4.